The van der Waals surface area contributed by atoms with Gasteiger partial charge in [-0.15, -0.1) is 0 Å². The van der Waals surface area contributed by atoms with Crippen molar-refractivity contribution in [2.24, 2.45) is 0 Å². The Bertz CT molecular complexity index is 981. The summed E-state index contributed by atoms with van der Waals surface area (Å²) in [4.78, 5) is 27.4. The fourth-order valence-electron chi connectivity index (χ4n) is 4.77. The SMILES string of the molecule is CCCC(CNC(=O)Cc1ccc(OC(C)(C)C(=O)OCC)cc1)c1ccccc1N1CCCCC1. The molecule has 1 unspecified atom stereocenters. The first-order valence-corrected chi connectivity index (χ1v) is 13.4. The van der Waals surface area contributed by atoms with Crippen molar-refractivity contribution >= 4 is 17.6 Å². The molecular formula is C30H42N2O4. The topological polar surface area (TPSA) is 67.9 Å². The van der Waals surface area contributed by atoms with Crippen LogP contribution in [0.1, 0.15) is 76.8 Å². The molecule has 1 aliphatic heterocycles. The van der Waals surface area contributed by atoms with Crippen molar-refractivity contribution in [1.82, 2.24) is 5.32 Å². The highest BCUT2D eigenvalue weighted by molar-refractivity contribution is 5.79. The van der Waals surface area contributed by atoms with Crippen LogP contribution in [0.25, 0.3) is 0 Å². The number of nitrogens with one attached hydrogen (secondary N) is 1. The van der Waals surface area contributed by atoms with E-state index in [9.17, 15) is 9.59 Å². The summed E-state index contributed by atoms with van der Waals surface area (Å²) >= 11 is 0. The number of nitrogens with zero attached hydrogens (tertiary/aromatic N) is 1. The summed E-state index contributed by atoms with van der Waals surface area (Å²) in [5.41, 5.74) is 2.49. The molecule has 0 saturated carbocycles. The number of hydrogen-bond donors (Lipinski definition) is 1. The van der Waals surface area contributed by atoms with E-state index in [1.165, 1.54) is 30.5 Å². The Labute approximate surface area is 216 Å². The molecule has 2 aromatic carbocycles. The molecule has 1 saturated heterocycles. The number of rotatable bonds is 12. The number of piperidine rings is 1. The highest BCUT2D eigenvalue weighted by atomic mass is 16.6. The quantitative estimate of drug-likeness (QED) is 0.387. The maximum absolute atomic E-state index is 12.8. The first kappa shape index (κ1) is 27.6. The van der Waals surface area contributed by atoms with E-state index < -0.39 is 11.6 Å². The van der Waals surface area contributed by atoms with Gasteiger partial charge in [0, 0.05) is 31.2 Å². The van der Waals surface area contributed by atoms with Gasteiger partial charge in [-0.1, -0.05) is 43.7 Å². The summed E-state index contributed by atoms with van der Waals surface area (Å²) in [5.74, 6) is 0.455. The van der Waals surface area contributed by atoms with Crippen LogP contribution >= 0.6 is 0 Å². The number of carbonyl (C=O) groups is 2. The molecule has 0 bridgehead atoms. The molecule has 1 heterocycles. The zero-order chi connectivity index (χ0) is 26.0. The molecule has 1 N–H and O–H groups in total. The summed E-state index contributed by atoms with van der Waals surface area (Å²) < 4.78 is 10.9. The van der Waals surface area contributed by atoms with Gasteiger partial charge in [0.05, 0.1) is 13.0 Å². The van der Waals surface area contributed by atoms with Gasteiger partial charge in [-0.05, 0) is 75.8 Å². The average molecular weight is 495 g/mol. The van der Waals surface area contributed by atoms with E-state index in [1.807, 2.05) is 12.1 Å². The van der Waals surface area contributed by atoms with Crippen LogP contribution in [-0.4, -0.2) is 43.7 Å². The molecule has 6 nitrogen and oxygen atoms in total. The number of carbonyl (C=O) groups excluding carboxylic acids is 2. The van der Waals surface area contributed by atoms with E-state index in [0.29, 0.717) is 25.3 Å². The summed E-state index contributed by atoms with van der Waals surface area (Å²) in [6.07, 6.45) is 6.20. The zero-order valence-electron chi connectivity index (χ0n) is 22.3. The third-order valence-corrected chi connectivity index (χ3v) is 6.68. The first-order valence-electron chi connectivity index (χ1n) is 13.4. The highest BCUT2D eigenvalue weighted by Crippen LogP contribution is 2.32. The molecule has 1 atom stereocenters. The third kappa shape index (κ3) is 7.74. The summed E-state index contributed by atoms with van der Waals surface area (Å²) in [7, 11) is 0. The minimum Gasteiger partial charge on any atom is -0.476 e. The summed E-state index contributed by atoms with van der Waals surface area (Å²) in [5, 5.41) is 3.18. The number of amides is 1. The van der Waals surface area contributed by atoms with Crippen LogP contribution < -0.4 is 15.0 Å². The van der Waals surface area contributed by atoms with Gasteiger partial charge in [-0.3, -0.25) is 4.79 Å². The van der Waals surface area contributed by atoms with Crippen LogP contribution in [0.15, 0.2) is 48.5 Å². The number of anilines is 1. The third-order valence-electron chi connectivity index (χ3n) is 6.68. The van der Waals surface area contributed by atoms with Gasteiger partial charge in [0.1, 0.15) is 5.75 Å². The van der Waals surface area contributed by atoms with Crippen LogP contribution in [0.5, 0.6) is 5.75 Å². The van der Waals surface area contributed by atoms with Gasteiger partial charge in [0.25, 0.3) is 0 Å². The molecule has 6 heteroatoms. The molecular weight excluding hydrogens is 452 g/mol. The van der Waals surface area contributed by atoms with E-state index >= 15 is 0 Å². The highest BCUT2D eigenvalue weighted by Gasteiger charge is 2.31. The fraction of sp³-hybridized carbons (Fsp3) is 0.533. The lowest BCUT2D eigenvalue weighted by Gasteiger charge is -2.32. The molecule has 2 aromatic rings. The molecule has 196 valence electrons. The first-order chi connectivity index (χ1) is 17.3. The monoisotopic (exact) mass is 494 g/mol. The van der Waals surface area contributed by atoms with E-state index in [2.05, 4.69) is 41.4 Å². The maximum Gasteiger partial charge on any atom is 0.349 e. The molecule has 36 heavy (non-hydrogen) atoms. The maximum atomic E-state index is 12.8. The molecule has 1 aliphatic rings. The molecule has 0 aliphatic carbocycles. The lowest BCUT2D eigenvalue weighted by Crippen LogP contribution is -2.39. The minimum absolute atomic E-state index is 0.00655. The largest absolute Gasteiger partial charge is 0.476 e. The van der Waals surface area contributed by atoms with Gasteiger partial charge in [-0.2, -0.15) is 0 Å². The zero-order valence-corrected chi connectivity index (χ0v) is 22.3. The second-order valence-electron chi connectivity index (χ2n) is 10.0. The Morgan fingerprint density at radius 2 is 1.69 bits per heavy atom. The second-order valence-corrected chi connectivity index (χ2v) is 10.0. The number of esters is 1. The smallest absolute Gasteiger partial charge is 0.349 e. The summed E-state index contributed by atoms with van der Waals surface area (Å²) in [6, 6.07) is 16.0. The van der Waals surface area contributed by atoms with Gasteiger partial charge in [-0.25, -0.2) is 4.79 Å². The van der Waals surface area contributed by atoms with Crippen molar-refractivity contribution in [3.63, 3.8) is 0 Å². The van der Waals surface area contributed by atoms with Gasteiger partial charge >= 0.3 is 5.97 Å². The van der Waals surface area contributed by atoms with Crippen molar-refractivity contribution in [2.75, 3.05) is 31.1 Å². The van der Waals surface area contributed by atoms with Gasteiger partial charge < -0.3 is 19.7 Å². The van der Waals surface area contributed by atoms with Crippen molar-refractivity contribution in [2.45, 2.75) is 77.7 Å². The van der Waals surface area contributed by atoms with Crippen LogP contribution in [-0.2, 0) is 20.7 Å². The van der Waals surface area contributed by atoms with Crippen molar-refractivity contribution in [3.05, 3.63) is 59.7 Å². The lowest BCUT2D eigenvalue weighted by molar-refractivity contribution is -0.158. The van der Waals surface area contributed by atoms with Crippen molar-refractivity contribution in [1.29, 1.82) is 0 Å². The molecule has 1 amide bonds. The van der Waals surface area contributed by atoms with Crippen LogP contribution in [0.4, 0.5) is 5.69 Å². The van der Waals surface area contributed by atoms with Gasteiger partial charge in [0.2, 0.25) is 5.91 Å². The standard InChI is InChI=1S/C30H42N2O4/c1-5-12-24(26-13-8-9-14-27(26)32-19-10-7-11-20-32)22-31-28(33)21-23-15-17-25(18-16-23)36-30(3,4)29(34)35-6-2/h8-9,13-18,24H,5-7,10-12,19-22H2,1-4H3,(H,31,33). The molecule has 3 rings (SSSR count). The predicted octanol–water partition coefficient (Wildman–Crippen LogP) is 5.64. The number of ether oxygens (including phenoxy) is 2. The summed E-state index contributed by atoms with van der Waals surface area (Å²) in [6.45, 7) is 10.5. The van der Waals surface area contributed by atoms with Crippen LogP contribution in [0.3, 0.4) is 0 Å². The minimum atomic E-state index is -1.08. The average Bonchev–Trinajstić information content (AvgIpc) is 2.88. The van der Waals surface area contributed by atoms with Gasteiger partial charge in [0.15, 0.2) is 5.60 Å². The number of benzene rings is 2. The fourth-order valence-corrected chi connectivity index (χ4v) is 4.77. The Hall–Kier alpha value is -3.02. The molecule has 1 fully saturated rings. The lowest BCUT2D eigenvalue weighted by atomic mass is 9.91. The van der Waals surface area contributed by atoms with Crippen molar-refractivity contribution < 1.29 is 19.1 Å². The molecule has 0 radical (unpaired) electrons. The Morgan fingerprint density at radius 1 is 1.00 bits per heavy atom. The Balaban J connectivity index is 1.58. The Kier molecular flexibility index (Phi) is 10.2. The van der Waals surface area contributed by atoms with Crippen molar-refractivity contribution in [3.8, 4) is 5.75 Å². The molecule has 0 spiro atoms. The Morgan fingerprint density at radius 3 is 2.36 bits per heavy atom. The van der Waals surface area contributed by atoms with Crippen LogP contribution in [0, 0.1) is 0 Å². The molecule has 0 aromatic heterocycles. The van der Waals surface area contributed by atoms with E-state index in [4.69, 9.17) is 9.47 Å². The van der Waals surface area contributed by atoms with E-state index in [1.54, 1.807) is 32.9 Å². The number of hydrogen-bond acceptors (Lipinski definition) is 5. The van der Waals surface area contributed by atoms with Crippen LogP contribution in [0.2, 0.25) is 0 Å². The van der Waals surface area contributed by atoms with E-state index in [0.717, 1.165) is 31.5 Å². The second kappa shape index (κ2) is 13.3. The normalized spacial score (nSPS) is 14.7. The number of para-hydroxylation sites is 1. The van der Waals surface area contributed by atoms with E-state index in [-0.39, 0.29) is 11.8 Å². The predicted molar refractivity (Wildman–Crippen MR) is 145 cm³/mol.